The molecule has 0 spiro atoms. The van der Waals surface area contributed by atoms with E-state index in [9.17, 15) is 4.79 Å². The quantitative estimate of drug-likeness (QED) is 0.820. The van der Waals surface area contributed by atoms with E-state index in [4.69, 9.17) is 23.2 Å². The first-order valence-electron chi connectivity index (χ1n) is 6.74. The van der Waals surface area contributed by atoms with Gasteiger partial charge in [0.1, 0.15) is 5.37 Å². The number of nitrogens with zero attached hydrogens (tertiary/aromatic N) is 1. The predicted molar refractivity (Wildman–Crippen MR) is 86.7 cm³/mol. The molecule has 1 unspecified atom stereocenters. The fourth-order valence-electron chi connectivity index (χ4n) is 2.11. The standard InChI is InChI=1S/C14H18Cl2N2OS/c1-2-3-6-17-14(19)18-7-8-20-13(18)11-5-4-10(15)9-12(11)16/h4-5,9,13H,2-3,6-8H2,1H3,(H,17,19). The number of nitrogens with one attached hydrogen (secondary N) is 1. The van der Waals surface area contributed by atoms with Crippen LogP contribution < -0.4 is 5.32 Å². The maximum atomic E-state index is 12.2. The van der Waals surface area contributed by atoms with E-state index in [0.29, 0.717) is 10.0 Å². The van der Waals surface area contributed by atoms with Gasteiger partial charge in [0.25, 0.3) is 0 Å². The maximum Gasteiger partial charge on any atom is 0.318 e. The van der Waals surface area contributed by atoms with Gasteiger partial charge in [0, 0.05) is 34.5 Å². The summed E-state index contributed by atoms with van der Waals surface area (Å²) in [7, 11) is 0. The third-order valence-corrected chi connectivity index (χ3v) is 4.99. The van der Waals surface area contributed by atoms with Crippen LogP contribution in [0.4, 0.5) is 4.79 Å². The van der Waals surface area contributed by atoms with Crippen molar-refractivity contribution in [1.29, 1.82) is 0 Å². The number of rotatable bonds is 4. The van der Waals surface area contributed by atoms with Crippen molar-refractivity contribution in [1.82, 2.24) is 10.2 Å². The molecule has 6 heteroatoms. The molecule has 1 aromatic carbocycles. The first-order valence-corrected chi connectivity index (χ1v) is 8.55. The molecular weight excluding hydrogens is 315 g/mol. The summed E-state index contributed by atoms with van der Waals surface area (Å²) in [6.07, 6.45) is 2.07. The van der Waals surface area contributed by atoms with Gasteiger partial charge in [-0.05, 0) is 18.6 Å². The van der Waals surface area contributed by atoms with Crippen molar-refractivity contribution in [3.05, 3.63) is 33.8 Å². The monoisotopic (exact) mass is 332 g/mol. The third kappa shape index (κ3) is 3.74. The highest BCUT2D eigenvalue weighted by Gasteiger charge is 2.31. The molecule has 1 saturated heterocycles. The average molecular weight is 333 g/mol. The molecule has 1 atom stereocenters. The van der Waals surface area contributed by atoms with Crippen molar-refractivity contribution in [2.24, 2.45) is 0 Å². The van der Waals surface area contributed by atoms with Crippen molar-refractivity contribution in [2.45, 2.75) is 25.1 Å². The lowest BCUT2D eigenvalue weighted by atomic mass is 10.2. The maximum absolute atomic E-state index is 12.2. The summed E-state index contributed by atoms with van der Waals surface area (Å²) in [4.78, 5) is 14.1. The third-order valence-electron chi connectivity index (χ3n) is 3.19. The number of thioether (sulfide) groups is 1. The highest BCUT2D eigenvalue weighted by Crippen LogP contribution is 2.41. The van der Waals surface area contributed by atoms with Gasteiger partial charge in [0.15, 0.2) is 0 Å². The number of hydrogen-bond donors (Lipinski definition) is 1. The normalized spacial score (nSPS) is 18.4. The van der Waals surface area contributed by atoms with Crippen LogP contribution in [0.1, 0.15) is 30.7 Å². The van der Waals surface area contributed by atoms with Gasteiger partial charge >= 0.3 is 6.03 Å². The zero-order chi connectivity index (χ0) is 14.5. The van der Waals surface area contributed by atoms with Crippen molar-refractivity contribution in [3.8, 4) is 0 Å². The van der Waals surface area contributed by atoms with Gasteiger partial charge in [-0.1, -0.05) is 42.6 Å². The van der Waals surface area contributed by atoms with Crippen LogP contribution in [0.3, 0.4) is 0 Å². The second-order valence-electron chi connectivity index (χ2n) is 4.67. The van der Waals surface area contributed by atoms with Gasteiger partial charge in [0.05, 0.1) is 0 Å². The summed E-state index contributed by atoms with van der Waals surface area (Å²) in [5, 5.41) is 4.16. The summed E-state index contributed by atoms with van der Waals surface area (Å²) >= 11 is 13.9. The van der Waals surface area contributed by atoms with E-state index in [-0.39, 0.29) is 11.4 Å². The molecule has 1 aromatic rings. The van der Waals surface area contributed by atoms with E-state index < -0.39 is 0 Å². The van der Waals surface area contributed by atoms with Crippen molar-refractivity contribution < 1.29 is 4.79 Å². The van der Waals surface area contributed by atoms with E-state index in [0.717, 1.165) is 37.2 Å². The Balaban J connectivity index is 2.08. The van der Waals surface area contributed by atoms with Gasteiger partial charge in [-0.15, -0.1) is 11.8 Å². The van der Waals surface area contributed by atoms with Gasteiger partial charge in [-0.2, -0.15) is 0 Å². The molecule has 0 bridgehead atoms. The Hall–Kier alpha value is -0.580. The molecule has 1 fully saturated rings. The number of carbonyl (C=O) groups excluding carboxylic acids is 1. The van der Waals surface area contributed by atoms with Crippen LogP contribution in [-0.2, 0) is 0 Å². The lowest BCUT2D eigenvalue weighted by Gasteiger charge is -2.25. The molecule has 3 nitrogen and oxygen atoms in total. The Labute approximate surface area is 134 Å². The van der Waals surface area contributed by atoms with Gasteiger partial charge in [-0.3, -0.25) is 0 Å². The summed E-state index contributed by atoms with van der Waals surface area (Å²) in [5.74, 6) is 0.921. The smallest absolute Gasteiger partial charge is 0.318 e. The summed E-state index contributed by atoms with van der Waals surface area (Å²) in [6.45, 7) is 3.57. The lowest BCUT2D eigenvalue weighted by molar-refractivity contribution is 0.200. The second-order valence-corrected chi connectivity index (χ2v) is 6.70. The molecule has 1 N–H and O–H groups in total. The number of halogens is 2. The molecule has 1 aliphatic rings. The Morgan fingerprint density at radius 1 is 1.50 bits per heavy atom. The van der Waals surface area contributed by atoms with Gasteiger partial charge in [0.2, 0.25) is 0 Å². The molecule has 20 heavy (non-hydrogen) atoms. The minimum Gasteiger partial charge on any atom is -0.338 e. The number of amides is 2. The van der Waals surface area contributed by atoms with E-state index in [1.54, 1.807) is 17.8 Å². The van der Waals surface area contributed by atoms with Crippen LogP contribution in [-0.4, -0.2) is 29.8 Å². The highest BCUT2D eigenvalue weighted by molar-refractivity contribution is 7.99. The Kier molecular flexibility index (Phi) is 5.87. The fourth-order valence-corrected chi connectivity index (χ4v) is 3.98. The van der Waals surface area contributed by atoms with Crippen molar-refractivity contribution >= 4 is 41.0 Å². The molecule has 0 aromatic heterocycles. The first kappa shape index (κ1) is 15.8. The molecule has 0 saturated carbocycles. The number of carbonyl (C=O) groups is 1. The van der Waals surface area contributed by atoms with Crippen LogP contribution in [0.15, 0.2) is 18.2 Å². The molecular formula is C14H18Cl2N2OS. The molecule has 0 radical (unpaired) electrons. The zero-order valence-corrected chi connectivity index (χ0v) is 13.7. The van der Waals surface area contributed by atoms with E-state index in [1.807, 2.05) is 17.0 Å². The molecule has 1 heterocycles. The molecule has 1 aliphatic heterocycles. The highest BCUT2D eigenvalue weighted by atomic mass is 35.5. The van der Waals surface area contributed by atoms with Crippen LogP contribution in [0.25, 0.3) is 0 Å². The molecule has 2 rings (SSSR count). The molecule has 0 aliphatic carbocycles. The second kappa shape index (κ2) is 7.43. The number of benzene rings is 1. The van der Waals surface area contributed by atoms with Gasteiger partial charge in [-0.25, -0.2) is 4.79 Å². The van der Waals surface area contributed by atoms with Crippen LogP contribution in [0.5, 0.6) is 0 Å². The van der Waals surface area contributed by atoms with E-state index >= 15 is 0 Å². The summed E-state index contributed by atoms with van der Waals surface area (Å²) in [6, 6.07) is 5.43. The SMILES string of the molecule is CCCCNC(=O)N1CCSC1c1ccc(Cl)cc1Cl. The number of hydrogen-bond acceptors (Lipinski definition) is 2. The van der Waals surface area contributed by atoms with Crippen LogP contribution >= 0.6 is 35.0 Å². The molecule has 110 valence electrons. The minimum atomic E-state index is -0.0265. The Morgan fingerprint density at radius 2 is 2.30 bits per heavy atom. The minimum absolute atomic E-state index is 0.0144. The van der Waals surface area contributed by atoms with Crippen molar-refractivity contribution in [2.75, 3.05) is 18.8 Å². The zero-order valence-electron chi connectivity index (χ0n) is 11.4. The summed E-state index contributed by atoms with van der Waals surface area (Å²) < 4.78 is 0. The Bertz CT molecular complexity index is 484. The van der Waals surface area contributed by atoms with E-state index in [1.165, 1.54) is 0 Å². The van der Waals surface area contributed by atoms with Gasteiger partial charge < -0.3 is 10.2 Å². The van der Waals surface area contributed by atoms with Crippen molar-refractivity contribution in [3.63, 3.8) is 0 Å². The van der Waals surface area contributed by atoms with E-state index in [2.05, 4.69) is 12.2 Å². The first-order chi connectivity index (χ1) is 9.63. The lowest BCUT2D eigenvalue weighted by Crippen LogP contribution is -2.39. The largest absolute Gasteiger partial charge is 0.338 e. The van der Waals surface area contributed by atoms with Crippen LogP contribution in [0.2, 0.25) is 10.0 Å². The summed E-state index contributed by atoms with van der Waals surface area (Å²) in [5.41, 5.74) is 0.948. The fraction of sp³-hybridized carbons (Fsp3) is 0.500. The number of unbranched alkanes of at least 4 members (excludes halogenated alkanes) is 1. The average Bonchev–Trinajstić information content (AvgIpc) is 2.88. The topological polar surface area (TPSA) is 32.3 Å². The predicted octanol–water partition coefficient (Wildman–Crippen LogP) is 4.55. The Morgan fingerprint density at radius 3 is 3.00 bits per heavy atom. The van der Waals surface area contributed by atoms with Crippen LogP contribution in [0, 0.1) is 0 Å². The molecule has 2 amide bonds. The number of urea groups is 1.